The van der Waals surface area contributed by atoms with Crippen molar-refractivity contribution in [2.24, 2.45) is 0 Å². The number of amides is 1. The van der Waals surface area contributed by atoms with Gasteiger partial charge in [-0.2, -0.15) is 0 Å². The van der Waals surface area contributed by atoms with Crippen LogP contribution in [0.4, 0.5) is 5.69 Å². The molecule has 2 aromatic heterocycles. The zero-order chi connectivity index (χ0) is 15.4. The lowest BCUT2D eigenvalue weighted by molar-refractivity contribution is -0.114. The maximum Gasteiger partial charge on any atom is 0.221 e. The lowest BCUT2D eigenvalue weighted by atomic mass is 10.1. The number of nitrogens with one attached hydrogen (secondary N) is 1. The van der Waals surface area contributed by atoms with Crippen LogP contribution >= 0.6 is 0 Å². The topological polar surface area (TPSA) is 64.1 Å². The predicted octanol–water partition coefficient (Wildman–Crippen LogP) is 3.17. The Morgan fingerprint density at radius 2 is 2.00 bits per heavy atom. The zero-order valence-corrected chi connectivity index (χ0v) is 12.1. The van der Waals surface area contributed by atoms with Crippen LogP contribution in [0, 0.1) is 0 Å². The summed E-state index contributed by atoms with van der Waals surface area (Å²) in [6, 6.07) is 11.3. The van der Waals surface area contributed by atoms with Crippen molar-refractivity contribution in [2.75, 3.05) is 5.32 Å². The number of ether oxygens (including phenoxy) is 1. The first-order valence-electron chi connectivity index (χ1n) is 6.90. The quantitative estimate of drug-likeness (QED) is 0.802. The molecule has 5 heteroatoms. The highest BCUT2D eigenvalue weighted by molar-refractivity contribution is 6.00. The van der Waals surface area contributed by atoms with Crippen molar-refractivity contribution in [3.8, 4) is 5.75 Å². The molecule has 0 aliphatic heterocycles. The highest BCUT2D eigenvalue weighted by atomic mass is 16.5. The van der Waals surface area contributed by atoms with Crippen molar-refractivity contribution in [1.82, 2.24) is 9.97 Å². The highest BCUT2D eigenvalue weighted by Gasteiger charge is 2.07. The number of anilines is 1. The predicted molar refractivity (Wildman–Crippen MR) is 84.6 cm³/mol. The van der Waals surface area contributed by atoms with Gasteiger partial charge in [0.05, 0.1) is 11.2 Å². The van der Waals surface area contributed by atoms with Crippen LogP contribution in [0.15, 0.2) is 55.0 Å². The number of pyridine rings is 2. The van der Waals surface area contributed by atoms with Crippen LogP contribution in [0.3, 0.4) is 0 Å². The number of rotatable bonds is 4. The van der Waals surface area contributed by atoms with Crippen LogP contribution in [0.25, 0.3) is 10.9 Å². The van der Waals surface area contributed by atoms with Crippen molar-refractivity contribution < 1.29 is 9.53 Å². The zero-order valence-electron chi connectivity index (χ0n) is 12.1. The van der Waals surface area contributed by atoms with E-state index >= 15 is 0 Å². The van der Waals surface area contributed by atoms with E-state index in [1.54, 1.807) is 24.7 Å². The van der Waals surface area contributed by atoms with Crippen molar-refractivity contribution in [3.05, 3.63) is 60.6 Å². The van der Waals surface area contributed by atoms with E-state index in [2.05, 4.69) is 15.3 Å². The van der Waals surface area contributed by atoms with Gasteiger partial charge in [0.15, 0.2) is 0 Å². The Kier molecular flexibility index (Phi) is 3.96. The van der Waals surface area contributed by atoms with Crippen LogP contribution in [-0.2, 0) is 11.4 Å². The SMILES string of the molecule is CC(=O)Nc1cc(OCc2ccncc2)cc2cccnc12. The number of fused-ring (bicyclic) bond motifs is 1. The third kappa shape index (κ3) is 3.20. The Morgan fingerprint density at radius 1 is 1.18 bits per heavy atom. The number of aromatic nitrogens is 2. The van der Waals surface area contributed by atoms with Gasteiger partial charge in [0.2, 0.25) is 5.91 Å². The van der Waals surface area contributed by atoms with E-state index in [1.807, 2.05) is 30.3 Å². The van der Waals surface area contributed by atoms with Gasteiger partial charge in [-0.15, -0.1) is 0 Å². The summed E-state index contributed by atoms with van der Waals surface area (Å²) in [5, 5.41) is 3.71. The molecule has 0 bridgehead atoms. The van der Waals surface area contributed by atoms with Crippen LogP contribution < -0.4 is 10.1 Å². The molecule has 0 aliphatic rings. The minimum absolute atomic E-state index is 0.141. The lowest BCUT2D eigenvalue weighted by Gasteiger charge is -2.11. The summed E-state index contributed by atoms with van der Waals surface area (Å²) in [4.78, 5) is 19.7. The molecule has 1 amide bonds. The standard InChI is InChI=1S/C17H15N3O2/c1-12(21)20-16-10-15(9-14-3-2-6-19-17(14)16)22-11-13-4-7-18-8-5-13/h2-10H,11H2,1H3,(H,20,21). The molecule has 0 unspecified atom stereocenters. The Bertz CT molecular complexity index is 803. The number of hydrogen-bond acceptors (Lipinski definition) is 4. The van der Waals surface area contributed by atoms with Crippen molar-refractivity contribution >= 4 is 22.5 Å². The van der Waals surface area contributed by atoms with Crippen molar-refractivity contribution in [1.29, 1.82) is 0 Å². The Labute approximate surface area is 128 Å². The summed E-state index contributed by atoms with van der Waals surface area (Å²) >= 11 is 0. The van der Waals surface area contributed by atoms with Gasteiger partial charge in [-0.25, -0.2) is 0 Å². The molecule has 0 aliphatic carbocycles. The molecule has 0 radical (unpaired) electrons. The van der Waals surface area contributed by atoms with Gasteiger partial charge in [0.25, 0.3) is 0 Å². The Morgan fingerprint density at radius 3 is 2.77 bits per heavy atom. The van der Waals surface area contributed by atoms with Gasteiger partial charge in [-0.05, 0) is 29.8 Å². The van der Waals surface area contributed by atoms with E-state index in [-0.39, 0.29) is 5.91 Å². The van der Waals surface area contributed by atoms with E-state index in [9.17, 15) is 4.79 Å². The molecule has 0 saturated carbocycles. The average molecular weight is 293 g/mol. The third-order valence-electron chi connectivity index (χ3n) is 3.14. The molecule has 1 N–H and O–H groups in total. The van der Waals surface area contributed by atoms with Crippen LogP contribution in [0.5, 0.6) is 5.75 Å². The van der Waals surface area contributed by atoms with Gasteiger partial charge < -0.3 is 10.1 Å². The summed E-state index contributed by atoms with van der Waals surface area (Å²) in [6.07, 6.45) is 5.16. The second kappa shape index (κ2) is 6.22. The van der Waals surface area contributed by atoms with Crippen molar-refractivity contribution in [2.45, 2.75) is 13.5 Å². The van der Waals surface area contributed by atoms with Gasteiger partial charge in [0, 0.05) is 37.0 Å². The molecule has 0 saturated heterocycles. The summed E-state index contributed by atoms with van der Waals surface area (Å²) in [6.45, 7) is 1.91. The molecule has 0 fully saturated rings. The highest BCUT2D eigenvalue weighted by Crippen LogP contribution is 2.28. The summed E-state index contributed by atoms with van der Waals surface area (Å²) in [5.41, 5.74) is 2.42. The average Bonchev–Trinajstić information content (AvgIpc) is 2.53. The smallest absolute Gasteiger partial charge is 0.221 e. The van der Waals surface area contributed by atoms with E-state index in [1.165, 1.54) is 6.92 Å². The van der Waals surface area contributed by atoms with Gasteiger partial charge in [0.1, 0.15) is 12.4 Å². The molecule has 3 aromatic rings. The first kappa shape index (κ1) is 14.0. The first-order valence-corrected chi connectivity index (χ1v) is 6.90. The second-order valence-corrected chi connectivity index (χ2v) is 4.87. The van der Waals surface area contributed by atoms with Gasteiger partial charge in [-0.1, -0.05) is 6.07 Å². The normalized spacial score (nSPS) is 10.4. The van der Waals surface area contributed by atoms with E-state index in [0.717, 1.165) is 16.5 Å². The summed E-state index contributed by atoms with van der Waals surface area (Å²) < 4.78 is 5.82. The number of carbonyl (C=O) groups excluding carboxylic acids is 1. The number of hydrogen-bond donors (Lipinski definition) is 1. The molecule has 110 valence electrons. The maximum atomic E-state index is 11.4. The Balaban J connectivity index is 1.91. The second-order valence-electron chi connectivity index (χ2n) is 4.87. The molecule has 0 atom stereocenters. The summed E-state index contributed by atoms with van der Waals surface area (Å²) in [7, 11) is 0. The first-order chi connectivity index (χ1) is 10.7. The minimum atomic E-state index is -0.141. The van der Waals surface area contributed by atoms with Crippen molar-refractivity contribution in [3.63, 3.8) is 0 Å². The minimum Gasteiger partial charge on any atom is -0.489 e. The van der Waals surface area contributed by atoms with E-state index in [0.29, 0.717) is 18.0 Å². The third-order valence-corrected chi connectivity index (χ3v) is 3.14. The molecule has 0 spiro atoms. The molecular weight excluding hydrogens is 278 g/mol. The molecule has 2 heterocycles. The monoisotopic (exact) mass is 293 g/mol. The number of nitrogens with zero attached hydrogens (tertiary/aromatic N) is 2. The Hall–Kier alpha value is -2.95. The lowest BCUT2D eigenvalue weighted by Crippen LogP contribution is -2.07. The van der Waals surface area contributed by atoms with Gasteiger partial charge in [-0.3, -0.25) is 14.8 Å². The van der Waals surface area contributed by atoms with Gasteiger partial charge >= 0.3 is 0 Å². The van der Waals surface area contributed by atoms with Crippen LogP contribution in [-0.4, -0.2) is 15.9 Å². The largest absolute Gasteiger partial charge is 0.489 e. The molecule has 1 aromatic carbocycles. The fourth-order valence-corrected chi connectivity index (χ4v) is 2.18. The summed E-state index contributed by atoms with van der Waals surface area (Å²) in [5.74, 6) is 0.541. The fraction of sp³-hybridized carbons (Fsp3) is 0.118. The fourth-order valence-electron chi connectivity index (χ4n) is 2.18. The van der Waals surface area contributed by atoms with Crippen LogP contribution in [0.1, 0.15) is 12.5 Å². The number of benzene rings is 1. The molecule has 22 heavy (non-hydrogen) atoms. The molecular formula is C17H15N3O2. The van der Waals surface area contributed by atoms with Crippen LogP contribution in [0.2, 0.25) is 0 Å². The molecule has 5 nitrogen and oxygen atoms in total. The van der Waals surface area contributed by atoms with E-state index < -0.39 is 0 Å². The maximum absolute atomic E-state index is 11.4. The van der Waals surface area contributed by atoms with E-state index in [4.69, 9.17) is 4.74 Å². The molecule has 3 rings (SSSR count). The number of carbonyl (C=O) groups is 1.